The number of halogens is 1. The molecule has 0 saturated heterocycles. The van der Waals surface area contributed by atoms with Crippen LogP contribution in [-0.2, 0) is 9.59 Å². The van der Waals surface area contributed by atoms with Crippen LogP contribution in [0.3, 0.4) is 0 Å². The van der Waals surface area contributed by atoms with E-state index in [0.717, 1.165) is 6.42 Å². The average Bonchev–Trinajstić information content (AvgIpc) is 2.40. The lowest BCUT2D eigenvalue weighted by Crippen LogP contribution is -2.15. The van der Waals surface area contributed by atoms with Crippen LogP contribution in [0.1, 0.15) is 33.1 Å². The van der Waals surface area contributed by atoms with Gasteiger partial charge in [0, 0.05) is 19.0 Å². The number of rotatable bonds is 7. The number of nitrogens with two attached hydrogens (primary N) is 1. The minimum Gasteiger partial charge on any atom is -0.330 e. The zero-order chi connectivity index (χ0) is 15.8. The summed E-state index contributed by atoms with van der Waals surface area (Å²) in [6.45, 7) is 3.98. The van der Waals surface area contributed by atoms with Crippen LogP contribution in [-0.4, -0.2) is 18.4 Å². The van der Waals surface area contributed by atoms with Gasteiger partial charge in [0.05, 0.1) is 5.69 Å². The summed E-state index contributed by atoms with van der Waals surface area (Å²) >= 11 is 0. The highest BCUT2D eigenvalue weighted by Crippen LogP contribution is 2.20. The molecule has 0 radical (unpaired) electrons. The van der Waals surface area contributed by atoms with Gasteiger partial charge in [-0.05, 0) is 43.5 Å². The fraction of sp³-hybridized carbons (Fsp3) is 0.467. The third kappa shape index (κ3) is 6.35. The second kappa shape index (κ2) is 8.36. The fourth-order valence-electron chi connectivity index (χ4n) is 1.92. The van der Waals surface area contributed by atoms with Crippen LogP contribution in [0.15, 0.2) is 18.2 Å². The summed E-state index contributed by atoms with van der Waals surface area (Å²) in [5.41, 5.74) is 5.96. The fourth-order valence-corrected chi connectivity index (χ4v) is 1.92. The Kier molecular flexibility index (Phi) is 6.81. The molecule has 1 aromatic carbocycles. The second-order valence-electron chi connectivity index (χ2n) is 5.15. The lowest BCUT2D eigenvalue weighted by Gasteiger charge is -2.11. The van der Waals surface area contributed by atoms with Gasteiger partial charge in [-0.15, -0.1) is 0 Å². The number of amides is 2. The molecule has 0 bridgehead atoms. The van der Waals surface area contributed by atoms with Crippen LogP contribution in [0.4, 0.5) is 15.8 Å². The van der Waals surface area contributed by atoms with Crippen molar-refractivity contribution in [2.24, 2.45) is 11.7 Å². The molecule has 5 nitrogen and oxygen atoms in total. The summed E-state index contributed by atoms with van der Waals surface area (Å²) in [5.74, 6) is -0.684. The molecule has 0 aliphatic carbocycles. The quantitative estimate of drug-likeness (QED) is 0.722. The molecule has 2 amide bonds. The average molecular weight is 295 g/mol. The van der Waals surface area contributed by atoms with Gasteiger partial charge in [0.1, 0.15) is 5.82 Å². The van der Waals surface area contributed by atoms with E-state index in [1.54, 1.807) is 0 Å². The van der Waals surface area contributed by atoms with Crippen molar-refractivity contribution in [2.45, 2.75) is 33.1 Å². The Morgan fingerprint density at radius 3 is 2.62 bits per heavy atom. The van der Waals surface area contributed by atoms with Crippen LogP contribution in [0.5, 0.6) is 0 Å². The first-order valence-corrected chi connectivity index (χ1v) is 6.99. The number of anilines is 2. The molecule has 21 heavy (non-hydrogen) atoms. The van der Waals surface area contributed by atoms with E-state index >= 15 is 0 Å². The Morgan fingerprint density at radius 2 is 2.00 bits per heavy atom. The van der Waals surface area contributed by atoms with Gasteiger partial charge in [0.25, 0.3) is 0 Å². The van der Waals surface area contributed by atoms with Crippen molar-refractivity contribution in [3.63, 3.8) is 0 Å². The van der Waals surface area contributed by atoms with E-state index in [0.29, 0.717) is 31.0 Å². The lowest BCUT2D eigenvalue weighted by atomic mass is 10.0. The van der Waals surface area contributed by atoms with Crippen molar-refractivity contribution in [1.82, 2.24) is 0 Å². The zero-order valence-corrected chi connectivity index (χ0v) is 12.4. The summed E-state index contributed by atoms with van der Waals surface area (Å²) in [7, 11) is 0. The minimum absolute atomic E-state index is 0.0673. The first kappa shape index (κ1) is 17.1. The molecule has 0 fully saturated rings. The van der Waals surface area contributed by atoms with Crippen LogP contribution in [0, 0.1) is 11.7 Å². The normalized spacial score (nSPS) is 11.8. The van der Waals surface area contributed by atoms with Crippen LogP contribution < -0.4 is 16.4 Å². The molecule has 4 N–H and O–H groups in total. The second-order valence-corrected chi connectivity index (χ2v) is 5.15. The Balaban J connectivity index is 2.60. The van der Waals surface area contributed by atoms with Gasteiger partial charge in [0.15, 0.2) is 0 Å². The van der Waals surface area contributed by atoms with Crippen molar-refractivity contribution in [3.05, 3.63) is 24.0 Å². The van der Waals surface area contributed by atoms with E-state index in [1.807, 2.05) is 6.92 Å². The van der Waals surface area contributed by atoms with Crippen molar-refractivity contribution in [2.75, 3.05) is 17.2 Å². The highest BCUT2D eigenvalue weighted by molar-refractivity contribution is 5.93. The van der Waals surface area contributed by atoms with Crippen molar-refractivity contribution in [1.29, 1.82) is 0 Å². The minimum atomic E-state index is -0.535. The van der Waals surface area contributed by atoms with Crippen LogP contribution in [0.2, 0.25) is 0 Å². The Bertz CT molecular complexity index is 506. The van der Waals surface area contributed by atoms with E-state index in [2.05, 4.69) is 10.6 Å². The first-order valence-electron chi connectivity index (χ1n) is 6.99. The number of carbonyl (C=O) groups excluding carboxylic acids is 2. The maximum absolute atomic E-state index is 13.6. The van der Waals surface area contributed by atoms with Gasteiger partial charge in [0.2, 0.25) is 11.8 Å². The molecular weight excluding hydrogens is 273 g/mol. The molecule has 0 heterocycles. The van der Waals surface area contributed by atoms with E-state index in [4.69, 9.17) is 5.73 Å². The monoisotopic (exact) mass is 295 g/mol. The maximum Gasteiger partial charge on any atom is 0.224 e. The number of nitrogens with one attached hydrogen (secondary N) is 2. The highest BCUT2D eigenvalue weighted by atomic mass is 19.1. The molecule has 0 aliphatic rings. The van der Waals surface area contributed by atoms with Crippen molar-refractivity contribution < 1.29 is 14.0 Å². The zero-order valence-electron chi connectivity index (χ0n) is 12.4. The molecule has 116 valence electrons. The van der Waals surface area contributed by atoms with Gasteiger partial charge in [-0.1, -0.05) is 6.92 Å². The molecule has 1 atom stereocenters. The summed E-state index contributed by atoms with van der Waals surface area (Å²) in [6.07, 6.45) is 1.88. The Morgan fingerprint density at radius 1 is 1.29 bits per heavy atom. The van der Waals surface area contributed by atoms with Gasteiger partial charge in [-0.25, -0.2) is 4.39 Å². The van der Waals surface area contributed by atoms with E-state index in [9.17, 15) is 14.0 Å². The number of hydrogen-bond donors (Lipinski definition) is 3. The molecule has 1 rings (SSSR count). The van der Waals surface area contributed by atoms with Crippen molar-refractivity contribution in [3.8, 4) is 0 Å². The van der Waals surface area contributed by atoms with E-state index in [-0.39, 0.29) is 17.5 Å². The molecular formula is C15H22FN3O2. The van der Waals surface area contributed by atoms with Crippen LogP contribution >= 0.6 is 0 Å². The smallest absolute Gasteiger partial charge is 0.224 e. The first-order chi connectivity index (χ1) is 9.92. The standard InChI is InChI=1S/C15H22FN3O2/c1-10(7-8-17)3-6-15(21)19-14-9-12(18-11(2)20)4-5-13(14)16/h4-5,9-10H,3,6-8,17H2,1-2H3,(H,18,20)(H,19,21). The third-order valence-electron chi connectivity index (χ3n) is 3.08. The lowest BCUT2D eigenvalue weighted by molar-refractivity contribution is -0.116. The summed E-state index contributed by atoms with van der Waals surface area (Å²) in [5, 5.41) is 5.07. The molecule has 0 spiro atoms. The molecule has 1 unspecified atom stereocenters. The molecule has 1 aromatic rings. The van der Waals surface area contributed by atoms with Gasteiger partial charge >= 0.3 is 0 Å². The predicted molar refractivity (Wildman–Crippen MR) is 81.4 cm³/mol. The predicted octanol–water partition coefficient (Wildman–Crippen LogP) is 2.49. The maximum atomic E-state index is 13.6. The topological polar surface area (TPSA) is 84.2 Å². The summed E-state index contributed by atoms with van der Waals surface area (Å²) < 4.78 is 13.6. The highest BCUT2D eigenvalue weighted by Gasteiger charge is 2.10. The number of hydrogen-bond acceptors (Lipinski definition) is 3. The Hall–Kier alpha value is -1.95. The van der Waals surface area contributed by atoms with E-state index < -0.39 is 5.82 Å². The largest absolute Gasteiger partial charge is 0.330 e. The molecule has 6 heteroatoms. The van der Waals surface area contributed by atoms with Crippen LogP contribution in [0.25, 0.3) is 0 Å². The number of carbonyl (C=O) groups is 2. The molecule has 0 aromatic heterocycles. The van der Waals surface area contributed by atoms with Gasteiger partial charge in [-0.2, -0.15) is 0 Å². The Labute approximate surface area is 124 Å². The third-order valence-corrected chi connectivity index (χ3v) is 3.08. The SMILES string of the molecule is CC(=O)Nc1ccc(F)c(NC(=O)CCC(C)CCN)c1. The van der Waals surface area contributed by atoms with Crippen molar-refractivity contribution >= 4 is 23.2 Å². The number of benzene rings is 1. The van der Waals surface area contributed by atoms with Gasteiger partial charge in [-0.3, -0.25) is 9.59 Å². The van der Waals surface area contributed by atoms with E-state index in [1.165, 1.54) is 25.1 Å². The summed E-state index contributed by atoms with van der Waals surface area (Å²) in [4.78, 5) is 22.8. The van der Waals surface area contributed by atoms with Gasteiger partial charge < -0.3 is 16.4 Å². The molecule has 0 saturated carbocycles. The molecule has 0 aliphatic heterocycles. The summed E-state index contributed by atoms with van der Waals surface area (Å²) in [6, 6.07) is 4.05.